The second-order valence-corrected chi connectivity index (χ2v) is 11.5. The number of hydrogen-bond acceptors (Lipinski definition) is 4. The smallest absolute Gasteiger partial charge is 0.339 e. The summed E-state index contributed by atoms with van der Waals surface area (Å²) in [5.74, 6) is -0.414. The Hall–Kier alpha value is -2.86. The number of urea groups is 1. The number of nitrogens with zero attached hydrogens (tertiary/aromatic N) is 2. The van der Waals surface area contributed by atoms with Crippen LogP contribution in [-0.2, 0) is 27.2 Å². The molecule has 1 saturated heterocycles. The lowest BCUT2D eigenvalue weighted by Crippen LogP contribution is -2.47. The van der Waals surface area contributed by atoms with Gasteiger partial charge in [-0.3, -0.25) is 0 Å². The molecule has 2 aliphatic heterocycles. The van der Waals surface area contributed by atoms with Crippen molar-refractivity contribution in [2.45, 2.75) is 85.5 Å². The highest BCUT2D eigenvalue weighted by molar-refractivity contribution is 5.85. The SMILES string of the molecule is COC(=O)C(OC(C)(C)C)c1c(C)c2c(c(C)c1-c1ccc(C)cc1)CCN(C(=O)N1CCCCC1)C2. The van der Waals surface area contributed by atoms with Crippen molar-refractivity contribution in [3.05, 3.63) is 57.6 Å². The Morgan fingerprint density at radius 2 is 1.51 bits per heavy atom. The van der Waals surface area contributed by atoms with E-state index in [1.807, 2.05) is 30.6 Å². The van der Waals surface area contributed by atoms with E-state index in [0.717, 1.165) is 65.7 Å². The molecule has 37 heavy (non-hydrogen) atoms. The van der Waals surface area contributed by atoms with Gasteiger partial charge >= 0.3 is 12.0 Å². The standard InChI is InChI=1S/C31H42N2O4/c1-20-11-13-23(14-12-20)26-21(2)24-15-18-33(30(35)32-16-9-8-10-17-32)19-25(24)22(3)27(26)28(29(34)36-7)37-31(4,5)6/h11-14,28H,8-10,15-19H2,1-7H3. The Morgan fingerprint density at radius 1 is 0.865 bits per heavy atom. The van der Waals surface area contributed by atoms with Gasteiger partial charge in [-0.15, -0.1) is 0 Å². The highest BCUT2D eigenvalue weighted by Crippen LogP contribution is 2.43. The van der Waals surface area contributed by atoms with E-state index < -0.39 is 17.7 Å². The van der Waals surface area contributed by atoms with Crippen LogP contribution in [-0.4, -0.2) is 54.1 Å². The van der Waals surface area contributed by atoms with Crippen LogP contribution in [0.2, 0.25) is 0 Å². The molecule has 0 aliphatic carbocycles. The van der Waals surface area contributed by atoms with Crippen LogP contribution in [0.1, 0.15) is 79.5 Å². The van der Waals surface area contributed by atoms with Crippen molar-refractivity contribution in [1.82, 2.24) is 9.80 Å². The summed E-state index contributed by atoms with van der Waals surface area (Å²) >= 11 is 0. The lowest BCUT2D eigenvalue weighted by atomic mass is 9.80. The molecule has 2 aliphatic rings. The molecule has 6 heteroatoms. The first-order valence-corrected chi connectivity index (χ1v) is 13.5. The minimum atomic E-state index is -0.876. The summed E-state index contributed by atoms with van der Waals surface area (Å²) in [4.78, 5) is 30.6. The van der Waals surface area contributed by atoms with Crippen molar-refractivity contribution in [3.63, 3.8) is 0 Å². The van der Waals surface area contributed by atoms with Crippen LogP contribution in [0.4, 0.5) is 4.79 Å². The molecule has 1 atom stereocenters. The largest absolute Gasteiger partial charge is 0.467 e. The van der Waals surface area contributed by atoms with Gasteiger partial charge in [0.05, 0.1) is 12.7 Å². The summed E-state index contributed by atoms with van der Waals surface area (Å²) in [6, 6.07) is 8.57. The average Bonchev–Trinajstić information content (AvgIpc) is 2.89. The number of esters is 1. The van der Waals surface area contributed by atoms with Crippen LogP contribution in [0.15, 0.2) is 24.3 Å². The number of rotatable bonds is 4. The van der Waals surface area contributed by atoms with Gasteiger partial charge in [0.15, 0.2) is 6.10 Å². The molecule has 0 aromatic heterocycles. The number of likely N-dealkylation sites (tertiary alicyclic amines) is 1. The predicted molar refractivity (Wildman–Crippen MR) is 147 cm³/mol. The molecule has 200 valence electrons. The number of fused-ring (bicyclic) bond motifs is 1. The molecule has 2 amide bonds. The fourth-order valence-electron chi connectivity index (χ4n) is 5.78. The molecule has 1 unspecified atom stereocenters. The second kappa shape index (κ2) is 10.9. The van der Waals surface area contributed by atoms with Gasteiger partial charge in [-0.25, -0.2) is 9.59 Å². The average molecular weight is 507 g/mol. The number of amides is 2. The first kappa shape index (κ1) is 27.2. The fraction of sp³-hybridized carbons (Fsp3) is 0.548. The van der Waals surface area contributed by atoms with Crippen LogP contribution in [0.5, 0.6) is 0 Å². The lowest BCUT2D eigenvalue weighted by molar-refractivity contribution is -0.164. The number of aryl methyl sites for hydroxylation is 1. The third kappa shape index (κ3) is 5.69. The number of methoxy groups -OCH3 is 1. The van der Waals surface area contributed by atoms with Gasteiger partial charge in [0.25, 0.3) is 0 Å². The molecule has 0 bridgehead atoms. The molecule has 2 aromatic carbocycles. The second-order valence-electron chi connectivity index (χ2n) is 11.5. The van der Waals surface area contributed by atoms with Gasteiger partial charge in [-0.1, -0.05) is 29.8 Å². The van der Waals surface area contributed by atoms with E-state index in [0.29, 0.717) is 13.1 Å². The van der Waals surface area contributed by atoms with Crippen LogP contribution in [0, 0.1) is 20.8 Å². The first-order chi connectivity index (χ1) is 17.5. The number of carbonyl (C=O) groups is 2. The van der Waals surface area contributed by atoms with Crippen molar-refractivity contribution in [3.8, 4) is 11.1 Å². The zero-order valence-electron chi connectivity index (χ0n) is 23.6. The van der Waals surface area contributed by atoms with E-state index in [4.69, 9.17) is 9.47 Å². The Balaban J connectivity index is 1.87. The molecule has 2 heterocycles. The van der Waals surface area contributed by atoms with Gasteiger partial charge in [0, 0.05) is 31.7 Å². The molecule has 0 saturated carbocycles. The molecule has 6 nitrogen and oxygen atoms in total. The van der Waals surface area contributed by atoms with Crippen molar-refractivity contribution < 1.29 is 19.1 Å². The predicted octanol–water partition coefficient (Wildman–Crippen LogP) is 6.27. The normalized spacial score (nSPS) is 16.8. The van der Waals surface area contributed by atoms with E-state index in [2.05, 4.69) is 45.0 Å². The van der Waals surface area contributed by atoms with Gasteiger partial charge < -0.3 is 19.3 Å². The van der Waals surface area contributed by atoms with Gasteiger partial charge in [-0.2, -0.15) is 0 Å². The molecule has 1 fully saturated rings. The number of benzene rings is 2. The van der Waals surface area contributed by atoms with E-state index in [-0.39, 0.29) is 6.03 Å². The van der Waals surface area contributed by atoms with E-state index in [1.54, 1.807) is 0 Å². The minimum Gasteiger partial charge on any atom is -0.467 e. The van der Waals surface area contributed by atoms with Crippen molar-refractivity contribution in [2.75, 3.05) is 26.7 Å². The van der Waals surface area contributed by atoms with E-state index >= 15 is 0 Å². The minimum absolute atomic E-state index is 0.127. The van der Waals surface area contributed by atoms with Crippen molar-refractivity contribution >= 4 is 12.0 Å². The Labute approximate surface area is 221 Å². The topological polar surface area (TPSA) is 59.1 Å². The fourth-order valence-corrected chi connectivity index (χ4v) is 5.78. The maximum absolute atomic E-state index is 13.4. The molecule has 2 aromatic rings. The maximum atomic E-state index is 13.4. The highest BCUT2D eigenvalue weighted by Gasteiger charge is 2.36. The van der Waals surface area contributed by atoms with Gasteiger partial charge in [0.1, 0.15) is 0 Å². The molecule has 0 spiro atoms. The third-order valence-electron chi connectivity index (χ3n) is 7.68. The maximum Gasteiger partial charge on any atom is 0.339 e. The Bertz CT molecular complexity index is 1160. The lowest BCUT2D eigenvalue weighted by Gasteiger charge is -2.38. The summed E-state index contributed by atoms with van der Waals surface area (Å²) in [6.45, 7) is 15.1. The number of piperidine rings is 1. The van der Waals surface area contributed by atoms with Crippen LogP contribution in [0.3, 0.4) is 0 Å². The highest BCUT2D eigenvalue weighted by atomic mass is 16.6. The quantitative estimate of drug-likeness (QED) is 0.459. The van der Waals surface area contributed by atoms with Crippen molar-refractivity contribution in [1.29, 1.82) is 0 Å². The molecular formula is C31H42N2O4. The molecular weight excluding hydrogens is 464 g/mol. The summed E-state index contributed by atoms with van der Waals surface area (Å²) in [6.07, 6.45) is 3.26. The summed E-state index contributed by atoms with van der Waals surface area (Å²) in [5, 5.41) is 0. The summed E-state index contributed by atoms with van der Waals surface area (Å²) < 4.78 is 11.7. The molecule has 4 rings (SSSR count). The van der Waals surface area contributed by atoms with Crippen molar-refractivity contribution in [2.24, 2.45) is 0 Å². The zero-order valence-corrected chi connectivity index (χ0v) is 23.6. The van der Waals surface area contributed by atoms with E-state index in [9.17, 15) is 9.59 Å². The first-order valence-electron chi connectivity index (χ1n) is 13.5. The van der Waals surface area contributed by atoms with Crippen LogP contribution >= 0.6 is 0 Å². The summed E-state index contributed by atoms with van der Waals surface area (Å²) in [7, 11) is 1.41. The molecule has 0 N–H and O–H groups in total. The Morgan fingerprint density at radius 3 is 2.11 bits per heavy atom. The summed E-state index contributed by atoms with van der Waals surface area (Å²) in [5.41, 5.74) is 8.12. The third-order valence-corrected chi connectivity index (χ3v) is 7.68. The number of carbonyl (C=O) groups excluding carboxylic acids is 2. The monoisotopic (exact) mass is 506 g/mol. The molecule has 0 radical (unpaired) electrons. The number of hydrogen-bond donors (Lipinski definition) is 0. The zero-order chi connectivity index (χ0) is 26.9. The van der Waals surface area contributed by atoms with Gasteiger partial charge in [0.2, 0.25) is 0 Å². The van der Waals surface area contributed by atoms with Crippen LogP contribution < -0.4 is 0 Å². The number of ether oxygens (including phenoxy) is 2. The Kier molecular flexibility index (Phi) is 7.98. The van der Waals surface area contributed by atoms with Gasteiger partial charge in [-0.05, 0) is 101 Å². The van der Waals surface area contributed by atoms with E-state index in [1.165, 1.54) is 24.7 Å². The van der Waals surface area contributed by atoms with Crippen LogP contribution in [0.25, 0.3) is 11.1 Å².